The van der Waals surface area contributed by atoms with Gasteiger partial charge in [0.15, 0.2) is 17.2 Å². The molecular weight excluding hydrogens is 562 g/mol. The Bertz CT molecular complexity index is 1420. The van der Waals surface area contributed by atoms with Gasteiger partial charge in [-0.25, -0.2) is 0 Å². The molecule has 3 aromatic carbocycles. The van der Waals surface area contributed by atoms with Gasteiger partial charge in [0.1, 0.15) is 23.4 Å². The lowest BCUT2D eigenvalue weighted by Crippen LogP contribution is -2.34. The topological polar surface area (TPSA) is 113 Å². The highest BCUT2D eigenvalue weighted by Gasteiger charge is 2.36. The number of anilines is 1. The van der Waals surface area contributed by atoms with Crippen molar-refractivity contribution in [2.75, 3.05) is 66.6 Å². The zero-order valence-electron chi connectivity index (χ0n) is 24.3. The quantitative estimate of drug-likeness (QED) is 0.139. The number of methoxy groups -OCH3 is 3. The highest BCUT2D eigenvalue weighted by molar-refractivity contribution is 8.00. The third-order valence-electron chi connectivity index (χ3n) is 6.86. The highest BCUT2D eigenvalue weighted by Crippen LogP contribution is 2.50. The first-order chi connectivity index (χ1) is 20.3. The maximum atomic E-state index is 13.4. The summed E-state index contributed by atoms with van der Waals surface area (Å²) in [5.74, 6) is 2.14. The van der Waals surface area contributed by atoms with Crippen LogP contribution >= 0.6 is 11.8 Å². The Labute approximate surface area is 249 Å². The number of likely N-dealkylation sites (N-methyl/N-ethyl adjacent to an activating group) is 2. The standard InChI is InChI=1S/C30H35N3O8S/c1-31(14-16-40-20-11-12-24(37-3)27(17-20)39-5)13-8-15-41-25-19-23(33(35)36)26(38-4)18-21(25)29-30(34)32(2)22-9-6-7-10-28(22)42-29/h6-7,9-12,17-19,29H,8,13-16H2,1-5H3. The number of fused-ring (bicyclic) bond motifs is 1. The maximum Gasteiger partial charge on any atom is 0.314 e. The molecule has 3 aromatic rings. The van der Waals surface area contributed by atoms with Gasteiger partial charge >= 0.3 is 5.69 Å². The number of rotatable bonds is 14. The van der Waals surface area contributed by atoms with E-state index in [1.165, 1.54) is 24.9 Å². The normalized spacial score (nSPS) is 14.4. The van der Waals surface area contributed by atoms with Crippen LogP contribution in [0.1, 0.15) is 17.2 Å². The molecule has 1 heterocycles. The molecule has 1 atom stereocenters. The van der Waals surface area contributed by atoms with Crippen LogP contribution in [-0.4, -0.2) is 77.5 Å². The molecule has 0 spiro atoms. The van der Waals surface area contributed by atoms with Gasteiger partial charge in [-0.15, -0.1) is 11.8 Å². The molecule has 0 saturated carbocycles. The molecule has 224 valence electrons. The average molecular weight is 598 g/mol. The minimum atomic E-state index is -0.647. The van der Waals surface area contributed by atoms with Crippen molar-refractivity contribution >= 4 is 29.0 Å². The van der Waals surface area contributed by atoms with Crippen LogP contribution < -0.4 is 28.6 Å². The number of hydrogen-bond acceptors (Lipinski definition) is 10. The summed E-state index contributed by atoms with van der Waals surface area (Å²) in [7, 11) is 8.23. The van der Waals surface area contributed by atoms with Crippen LogP contribution in [-0.2, 0) is 4.79 Å². The summed E-state index contributed by atoms with van der Waals surface area (Å²) in [5, 5.41) is 11.1. The van der Waals surface area contributed by atoms with Crippen LogP contribution in [0, 0.1) is 10.1 Å². The van der Waals surface area contributed by atoms with Gasteiger partial charge in [-0.1, -0.05) is 12.1 Å². The molecule has 0 N–H and O–H groups in total. The van der Waals surface area contributed by atoms with Crippen LogP contribution in [0.25, 0.3) is 0 Å². The van der Waals surface area contributed by atoms with Crippen molar-refractivity contribution in [2.45, 2.75) is 16.6 Å². The highest BCUT2D eigenvalue weighted by atomic mass is 32.2. The molecule has 1 aliphatic rings. The summed E-state index contributed by atoms with van der Waals surface area (Å²) < 4.78 is 27.8. The van der Waals surface area contributed by atoms with Crippen LogP contribution in [0.3, 0.4) is 0 Å². The summed E-state index contributed by atoms with van der Waals surface area (Å²) >= 11 is 1.39. The molecule has 4 rings (SSSR count). The van der Waals surface area contributed by atoms with E-state index in [1.807, 2.05) is 37.4 Å². The molecule has 0 saturated heterocycles. The third-order valence-corrected chi connectivity index (χ3v) is 8.15. The van der Waals surface area contributed by atoms with E-state index in [4.69, 9.17) is 23.7 Å². The number of hydrogen-bond donors (Lipinski definition) is 0. The van der Waals surface area contributed by atoms with Crippen LogP contribution in [0.2, 0.25) is 0 Å². The van der Waals surface area contributed by atoms with E-state index in [9.17, 15) is 14.9 Å². The predicted octanol–water partition coefficient (Wildman–Crippen LogP) is 5.21. The molecule has 11 nitrogen and oxygen atoms in total. The van der Waals surface area contributed by atoms with Crippen molar-refractivity contribution in [3.05, 3.63) is 70.3 Å². The lowest BCUT2D eigenvalue weighted by Gasteiger charge is -2.32. The van der Waals surface area contributed by atoms with Gasteiger partial charge in [0.25, 0.3) is 0 Å². The number of ether oxygens (including phenoxy) is 5. The van der Waals surface area contributed by atoms with Gasteiger partial charge in [-0.2, -0.15) is 0 Å². The van der Waals surface area contributed by atoms with Crippen molar-refractivity contribution in [1.82, 2.24) is 4.90 Å². The largest absolute Gasteiger partial charge is 0.493 e. The zero-order chi connectivity index (χ0) is 30.2. The van der Waals surface area contributed by atoms with Crippen LogP contribution in [0.4, 0.5) is 11.4 Å². The summed E-state index contributed by atoms with van der Waals surface area (Å²) in [6, 6.07) is 15.9. The van der Waals surface area contributed by atoms with E-state index in [0.29, 0.717) is 61.3 Å². The first kappa shape index (κ1) is 30.8. The Kier molecular flexibility index (Phi) is 10.4. The number of nitrogens with zero attached hydrogens (tertiary/aromatic N) is 3. The smallest absolute Gasteiger partial charge is 0.314 e. The molecule has 0 aliphatic carbocycles. The summed E-state index contributed by atoms with van der Waals surface area (Å²) in [4.78, 5) is 29.3. The van der Waals surface area contributed by atoms with Crippen LogP contribution in [0.15, 0.2) is 59.5 Å². The molecular formula is C30H35N3O8S. The third kappa shape index (κ3) is 7.00. The molecule has 42 heavy (non-hydrogen) atoms. The Morgan fingerprint density at radius 1 is 0.905 bits per heavy atom. The summed E-state index contributed by atoms with van der Waals surface area (Å²) in [6.45, 7) is 2.15. The predicted molar refractivity (Wildman–Crippen MR) is 161 cm³/mol. The van der Waals surface area contributed by atoms with E-state index < -0.39 is 10.2 Å². The number of para-hydroxylation sites is 1. The number of carbonyl (C=O) groups is 1. The Balaban J connectivity index is 1.39. The van der Waals surface area contributed by atoms with Crippen molar-refractivity contribution in [2.24, 2.45) is 0 Å². The fourth-order valence-corrected chi connectivity index (χ4v) is 5.86. The lowest BCUT2D eigenvalue weighted by molar-refractivity contribution is -0.385. The lowest BCUT2D eigenvalue weighted by atomic mass is 10.1. The average Bonchev–Trinajstić information content (AvgIpc) is 3.00. The minimum Gasteiger partial charge on any atom is -0.493 e. The molecule has 0 radical (unpaired) electrons. The van der Waals surface area contributed by atoms with E-state index in [1.54, 1.807) is 44.4 Å². The Hall–Kier alpha value is -4.16. The van der Waals surface area contributed by atoms with Gasteiger partial charge in [0.2, 0.25) is 5.91 Å². The molecule has 12 heteroatoms. The van der Waals surface area contributed by atoms with Gasteiger partial charge in [0, 0.05) is 36.7 Å². The molecule has 1 unspecified atom stereocenters. The van der Waals surface area contributed by atoms with E-state index in [-0.39, 0.29) is 17.3 Å². The molecule has 0 fully saturated rings. The first-order valence-electron chi connectivity index (χ1n) is 13.3. The Morgan fingerprint density at radius 3 is 2.36 bits per heavy atom. The number of carbonyl (C=O) groups excluding carboxylic acids is 1. The second-order valence-electron chi connectivity index (χ2n) is 9.55. The molecule has 0 bridgehead atoms. The van der Waals surface area contributed by atoms with E-state index >= 15 is 0 Å². The second kappa shape index (κ2) is 14.1. The fraction of sp³-hybridized carbons (Fsp3) is 0.367. The van der Waals surface area contributed by atoms with Gasteiger partial charge in [-0.3, -0.25) is 14.9 Å². The molecule has 1 aliphatic heterocycles. The minimum absolute atomic E-state index is 0.0754. The number of nitro benzene ring substituents is 1. The SMILES string of the molecule is COc1ccc(OCCN(C)CCCOc2cc([N+](=O)[O-])c(OC)cc2C2Sc3ccccc3N(C)C2=O)cc1OC. The molecule has 0 aromatic heterocycles. The van der Waals surface area contributed by atoms with Gasteiger partial charge in [0.05, 0.1) is 44.6 Å². The van der Waals surface area contributed by atoms with Gasteiger partial charge in [-0.05, 0) is 43.8 Å². The number of thioether (sulfide) groups is 1. The monoisotopic (exact) mass is 597 g/mol. The van der Waals surface area contributed by atoms with Gasteiger partial charge < -0.3 is 33.5 Å². The second-order valence-corrected chi connectivity index (χ2v) is 10.7. The zero-order valence-corrected chi connectivity index (χ0v) is 25.1. The van der Waals surface area contributed by atoms with E-state index in [2.05, 4.69) is 4.90 Å². The fourth-order valence-electron chi connectivity index (χ4n) is 4.56. The summed E-state index contributed by atoms with van der Waals surface area (Å²) in [6.07, 6.45) is 0.653. The number of benzene rings is 3. The Morgan fingerprint density at radius 2 is 1.64 bits per heavy atom. The van der Waals surface area contributed by atoms with E-state index in [0.717, 1.165) is 10.6 Å². The maximum absolute atomic E-state index is 13.4. The van der Waals surface area contributed by atoms with Crippen molar-refractivity contribution in [3.8, 4) is 28.7 Å². The molecule has 1 amide bonds. The number of amides is 1. The van der Waals surface area contributed by atoms with Crippen molar-refractivity contribution in [3.63, 3.8) is 0 Å². The first-order valence-corrected chi connectivity index (χ1v) is 14.2. The van der Waals surface area contributed by atoms with Crippen molar-refractivity contribution in [1.29, 1.82) is 0 Å². The van der Waals surface area contributed by atoms with Crippen molar-refractivity contribution < 1.29 is 33.4 Å². The van der Waals surface area contributed by atoms with Crippen LogP contribution in [0.5, 0.6) is 28.7 Å². The number of nitro groups is 1. The summed E-state index contributed by atoms with van der Waals surface area (Å²) in [5.41, 5.74) is 1.13.